The van der Waals surface area contributed by atoms with Crippen molar-refractivity contribution in [2.24, 2.45) is 0 Å². The molecule has 2 aromatic rings. The number of pyridine rings is 1. The molecule has 0 bridgehead atoms. The van der Waals surface area contributed by atoms with Crippen LogP contribution in [0.4, 0.5) is 5.82 Å². The number of rotatable bonds is 2. The molecule has 0 unspecified atom stereocenters. The standard InChI is InChI=1S/C16H16N4O/c17-9-6-7-13-15(19-10-3-1-4-11-19)18-14-8-2-5-12-20(14)16(13)21/h2,5-8,12H,1,3-4,10-11H2/b7-6+. The number of anilines is 1. The third-order valence-electron chi connectivity index (χ3n) is 3.73. The Labute approximate surface area is 122 Å². The van der Waals surface area contributed by atoms with E-state index in [-0.39, 0.29) is 5.56 Å². The Morgan fingerprint density at radius 3 is 2.81 bits per heavy atom. The van der Waals surface area contributed by atoms with Crippen LogP contribution in [0.15, 0.2) is 35.3 Å². The van der Waals surface area contributed by atoms with Crippen molar-refractivity contribution in [3.05, 3.63) is 46.4 Å². The van der Waals surface area contributed by atoms with Gasteiger partial charge in [0.05, 0.1) is 11.6 Å². The Hall–Kier alpha value is -2.61. The first-order chi connectivity index (χ1) is 10.3. The molecule has 5 nitrogen and oxygen atoms in total. The molecule has 3 heterocycles. The highest BCUT2D eigenvalue weighted by Crippen LogP contribution is 2.21. The van der Waals surface area contributed by atoms with Crippen molar-refractivity contribution in [3.63, 3.8) is 0 Å². The molecule has 0 N–H and O–H groups in total. The van der Waals surface area contributed by atoms with Crippen molar-refractivity contribution in [1.29, 1.82) is 5.26 Å². The molecule has 0 spiro atoms. The first-order valence-electron chi connectivity index (χ1n) is 7.14. The summed E-state index contributed by atoms with van der Waals surface area (Å²) < 4.78 is 1.52. The van der Waals surface area contributed by atoms with E-state index >= 15 is 0 Å². The minimum atomic E-state index is -0.132. The lowest BCUT2D eigenvalue weighted by molar-refractivity contribution is 0.573. The third kappa shape index (κ3) is 2.52. The first-order valence-corrected chi connectivity index (χ1v) is 7.14. The average molecular weight is 280 g/mol. The van der Waals surface area contributed by atoms with Gasteiger partial charge >= 0.3 is 0 Å². The van der Waals surface area contributed by atoms with Crippen LogP contribution in [0.25, 0.3) is 11.7 Å². The maximum Gasteiger partial charge on any atom is 0.267 e. The predicted molar refractivity (Wildman–Crippen MR) is 82.2 cm³/mol. The molecule has 21 heavy (non-hydrogen) atoms. The molecular weight excluding hydrogens is 264 g/mol. The molecule has 0 atom stereocenters. The number of nitrogens with zero attached hydrogens (tertiary/aromatic N) is 4. The van der Waals surface area contributed by atoms with Crippen molar-refractivity contribution in [3.8, 4) is 6.07 Å². The molecular formula is C16H16N4O. The van der Waals surface area contributed by atoms with E-state index in [4.69, 9.17) is 5.26 Å². The van der Waals surface area contributed by atoms with Gasteiger partial charge < -0.3 is 4.90 Å². The molecule has 0 aliphatic carbocycles. The van der Waals surface area contributed by atoms with Gasteiger partial charge in [-0.3, -0.25) is 9.20 Å². The maximum absolute atomic E-state index is 12.6. The zero-order valence-corrected chi connectivity index (χ0v) is 11.7. The molecule has 1 aliphatic heterocycles. The van der Waals surface area contributed by atoms with Gasteiger partial charge in [-0.25, -0.2) is 4.98 Å². The highest BCUT2D eigenvalue weighted by molar-refractivity contribution is 5.67. The number of hydrogen-bond acceptors (Lipinski definition) is 4. The zero-order chi connectivity index (χ0) is 14.7. The van der Waals surface area contributed by atoms with Crippen molar-refractivity contribution in [2.75, 3.05) is 18.0 Å². The SMILES string of the molecule is N#C/C=C/c1c(N2CCCCC2)nc2ccccn2c1=O. The lowest BCUT2D eigenvalue weighted by Crippen LogP contribution is -2.33. The number of aromatic nitrogens is 2. The van der Waals surface area contributed by atoms with Crippen LogP contribution in [0.5, 0.6) is 0 Å². The molecule has 1 fully saturated rings. The normalized spacial score (nSPS) is 15.5. The van der Waals surface area contributed by atoms with Gasteiger partial charge in [-0.1, -0.05) is 6.07 Å². The fraction of sp³-hybridized carbons (Fsp3) is 0.312. The van der Waals surface area contributed by atoms with Gasteiger partial charge in [0, 0.05) is 25.4 Å². The highest BCUT2D eigenvalue weighted by atomic mass is 16.1. The Morgan fingerprint density at radius 1 is 1.24 bits per heavy atom. The lowest BCUT2D eigenvalue weighted by Gasteiger charge is -2.28. The van der Waals surface area contributed by atoms with Gasteiger partial charge in [-0.2, -0.15) is 5.26 Å². The van der Waals surface area contributed by atoms with Crippen LogP contribution in [0.1, 0.15) is 24.8 Å². The molecule has 0 amide bonds. The maximum atomic E-state index is 12.6. The second-order valence-corrected chi connectivity index (χ2v) is 5.09. The van der Waals surface area contributed by atoms with E-state index in [1.807, 2.05) is 18.2 Å². The Morgan fingerprint density at radius 2 is 2.05 bits per heavy atom. The Kier molecular flexibility index (Phi) is 3.69. The molecule has 0 aromatic carbocycles. The number of fused-ring (bicyclic) bond motifs is 1. The molecule has 1 aliphatic rings. The molecule has 1 saturated heterocycles. The van der Waals surface area contributed by atoms with Gasteiger partial charge in [-0.15, -0.1) is 0 Å². The second-order valence-electron chi connectivity index (χ2n) is 5.09. The van der Waals surface area contributed by atoms with Crippen LogP contribution in [0.3, 0.4) is 0 Å². The molecule has 0 saturated carbocycles. The van der Waals surface area contributed by atoms with E-state index in [1.54, 1.807) is 18.3 Å². The van der Waals surface area contributed by atoms with E-state index in [0.717, 1.165) is 25.9 Å². The summed E-state index contributed by atoms with van der Waals surface area (Å²) in [7, 11) is 0. The largest absolute Gasteiger partial charge is 0.356 e. The van der Waals surface area contributed by atoms with E-state index in [2.05, 4.69) is 9.88 Å². The van der Waals surface area contributed by atoms with E-state index in [1.165, 1.54) is 16.9 Å². The second kappa shape index (κ2) is 5.80. The summed E-state index contributed by atoms with van der Waals surface area (Å²) in [4.78, 5) is 19.4. The smallest absolute Gasteiger partial charge is 0.267 e. The van der Waals surface area contributed by atoms with E-state index in [0.29, 0.717) is 17.0 Å². The summed E-state index contributed by atoms with van der Waals surface area (Å²) >= 11 is 0. The van der Waals surface area contributed by atoms with Crippen LogP contribution in [-0.2, 0) is 0 Å². The molecule has 5 heteroatoms. The minimum absolute atomic E-state index is 0.132. The predicted octanol–water partition coefficient (Wildman–Crippen LogP) is 2.22. The number of hydrogen-bond donors (Lipinski definition) is 0. The quantitative estimate of drug-likeness (QED) is 0.791. The van der Waals surface area contributed by atoms with Gasteiger partial charge in [0.25, 0.3) is 5.56 Å². The van der Waals surface area contributed by atoms with Gasteiger partial charge in [0.2, 0.25) is 0 Å². The number of nitriles is 1. The molecule has 0 radical (unpaired) electrons. The first kappa shape index (κ1) is 13.4. The van der Waals surface area contributed by atoms with E-state index < -0.39 is 0 Å². The fourth-order valence-electron chi connectivity index (χ4n) is 2.70. The van der Waals surface area contributed by atoms with Crippen molar-refractivity contribution < 1.29 is 0 Å². The fourth-order valence-corrected chi connectivity index (χ4v) is 2.70. The summed E-state index contributed by atoms with van der Waals surface area (Å²) in [6.07, 6.45) is 8.04. The highest BCUT2D eigenvalue weighted by Gasteiger charge is 2.18. The van der Waals surface area contributed by atoms with Crippen molar-refractivity contribution in [2.45, 2.75) is 19.3 Å². The molecule has 2 aromatic heterocycles. The van der Waals surface area contributed by atoms with Gasteiger partial charge in [0.15, 0.2) is 0 Å². The molecule has 3 rings (SSSR count). The summed E-state index contributed by atoms with van der Waals surface area (Å²) in [5, 5.41) is 8.75. The van der Waals surface area contributed by atoms with E-state index in [9.17, 15) is 4.79 Å². The number of allylic oxidation sites excluding steroid dienone is 1. The Balaban J connectivity index is 2.22. The summed E-state index contributed by atoms with van der Waals surface area (Å²) in [6.45, 7) is 1.81. The zero-order valence-electron chi connectivity index (χ0n) is 11.7. The van der Waals surface area contributed by atoms with Gasteiger partial charge in [0.1, 0.15) is 11.5 Å². The van der Waals surface area contributed by atoms with Gasteiger partial charge in [-0.05, 0) is 37.5 Å². The lowest BCUT2D eigenvalue weighted by atomic mass is 10.1. The monoisotopic (exact) mass is 280 g/mol. The number of piperidine rings is 1. The van der Waals surface area contributed by atoms with Crippen LogP contribution in [0.2, 0.25) is 0 Å². The van der Waals surface area contributed by atoms with Crippen molar-refractivity contribution >= 4 is 17.5 Å². The topological polar surface area (TPSA) is 61.4 Å². The summed E-state index contributed by atoms with van der Waals surface area (Å²) in [6, 6.07) is 7.44. The third-order valence-corrected chi connectivity index (χ3v) is 3.73. The molecule has 106 valence electrons. The summed E-state index contributed by atoms with van der Waals surface area (Å²) in [5.74, 6) is 0.692. The van der Waals surface area contributed by atoms with Crippen LogP contribution in [0, 0.1) is 11.3 Å². The van der Waals surface area contributed by atoms with Crippen LogP contribution in [-0.4, -0.2) is 22.5 Å². The van der Waals surface area contributed by atoms with Crippen molar-refractivity contribution in [1.82, 2.24) is 9.38 Å². The van der Waals surface area contributed by atoms with Crippen LogP contribution >= 0.6 is 0 Å². The Bertz CT molecular complexity index is 779. The minimum Gasteiger partial charge on any atom is -0.356 e. The average Bonchev–Trinajstić information content (AvgIpc) is 2.55. The summed E-state index contributed by atoms with van der Waals surface area (Å²) in [5.41, 5.74) is 0.993. The van der Waals surface area contributed by atoms with Crippen LogP contribution < -0.4 is 10.5 Å².